The molecule has 1 aromatic heterocycles. The maximum Gasteiger partial charge on any atom is 0.330 e. The average molecular weight is 463 g/mol. The first kappa shape index (κ1) is 23.6. The maximum absolute atomic E-state index is 13.5. The van der Waals surface area contributed by atoms with Crippen molar-refractivity contribution in [2.75, 3.05) is 37.5 Å². The molecule has 0 bridgehead atoms. The smallest absolute Gasteiger partial charge is 0.330 e. The zero-order valence-corrected chi connectivity index (χ0v) is 19.1. The lowest BCUT2D eigenvalue weighted by Gasteiger charge is -2.27. The van der Waals surface area contributed by atoms with Gasteiger partial charge >= 0.3 is 5.69 Å². The standard InChI is InChI=1S/C22H27ClN4O5/c1-13(2)11-27-19(24)18(20(28)25-22(27)30)26(7-4-8-31-3)21(29)15-9-14-10-16(23)5-6-17(14)32-12-15/h5-6,9-10,13H,4,7-8,11-12,24H2,1-3H3,(H,25,28,30). The number of hydrogen-bond donors (Lipinski definition) is 2. The van der Waals surface area contributed by atoms with Gasteiger partial charge < -0.3 is 20.1 Å². The fourth-order valence-electron chi connectivity index (χ4n) is 3.51. The second-order valence-corrected chi connectivity index (χ2v) is 8.38. The molecule has 3 rings (SSSR count). The number of hydrogen-bond acceptors (Lipinski definition) is 6. The van der Waals surface area contributed by atoms with Crippen molar-refractivity contribution in [2.45, 2.75) is 26.8 Å². The van der Waals surface area contributed by atoms with Crippen LogP contribution in [-0.2, 0) is 16.1 Å². The summed E-state index contributed by atoms with van der Waals surface area (Å²) in [6, 6.07) is 5.13. The predicted molar refractivity (Wildman–Crippen MR) is 124 cm³/mol. The number of ether oxygens (including phenoxy) is 2. The van der Waals surface area contributed by atoms with Gasteiger partial charge in [-0.3, -0.25) is 19.1 Å². The van der Waals surface area contributed by atoms with Gasteiger partial charge in [-0.05, 0) is 36.6 Å². The van der Waals surface area contributed by atoms with Gasteiger partial charge in [0.25, 0.3) is 11.5 Å². The fraction of sp³-hybridized carbons (Fsp3) is 0.409. The van der Waals surface area contributed by atoms with Crippen molar-refractivity contribution >= 4 is 35.1 Å². The third-order valence-corrected chi connectivity index (χ3v) is 5.20. The van der Waals surface area contributed by atoms with Gasteiger partial charge in [-0.2, -0.15) is 0 Å². The highest BCUT2D eigenvalue weighted by Crippen LogP contribution is 2.30. The number of rotatable bonds is 8. The zero-order chi connectivity index (χ0) is 23.4. The van der Waals surface area contributed by atoms with Crippen molar-refractivity contribution in [3.05, 3.63) is 55.2 Å². The number of aromatic nitrogens is 2. The van der Waals surface area contributed by atoms with Gasteiger partial charge in [-0.1, -0.05) is 25.4 Å². The number of H-pyrrole nitrogens is 1. The molecule has 1 aliphatic rings. The van der Waals surface area contributed by atoms with Gasteiger partial charge in [0.15, 0.2) is 5.69 Å². The highest BCUT2D eigenvalue weighted by atomic mass is 35.5. The Morgan fingerprint density at radius 2 is 2.12 bits per heavy atom. The minimum absolute atomic E-state index is 0.0255. The summed E-state index contributed by atoms with van der Waals surface area (Å²) in [7, 11) is 1.55. The Morgan fingerprint density at radius 3 is 2.81 bits per heavy atom. The van der Waals surface area contributed by atoms with Crippen LogP contribution in [0.5, 0.6) is 5.75 Å². The van der Waals surface area contributed by atoms with Gasteiger partial charge in [0, 0.05) is 37.4 Å². The molecule has 1 amide bonds. The molecule has 0 atom stereocenters. The van der Waals surface area contributed by atoms with Gasteiger partial charge in [0.2, 0.25) is 0 Å². The van der Waals surface area contributed by atoms with Crippen LogP contribution in [-0.4, -0.2) is 42.3 Å². The number of nitrogens with zero attached hydrogens (tertiary/aromatic N) is 2. The molecule has 0 saturated heterocycles. The lowest BCUT2D eigenvalue weighted by atomic mass is 10.1. The predicted octanol–water partition coefficient (Wildman–Crippen LogP) is 2.27. The Balaban J connectivity index is 2.07. The van der Waals surface area contributed by atoms with Crippen molar-refractivity contribution in [3.8, 4) is 5.75 Å². The van der Waals surface area contributed by atoms with Crippen LogP contribution in [0.4, 0.5) is 11.5 Å². The summed E-state index contributed by atoms with van der Waals surface area (Å²) in [5, 5.41) is 0.510. The molecule has 10 heteroatoms. The van der Waals surface area contributed by atoms with E-state index >= 15 is 0 Å². The Bertz CT molecular complexity index is 1150. The van der Waals surface area contributed by atoms with Crippen LogP contribution in [0.15, 0.2) is 33.4 Å². The summed E-state index contributed by atoms with van der Waals surface area (Å²) >= 11 is 6.07. The van der Waals surface area contributed by atoms with E-state index in [9.17, 15) is 14.4 Å². The van der Waals surface area contributed by atoms with E-state index in [-0.39, 0.29) is 30.6 Å². The van der Waals surface area contributed by atoms with Gasteiger partial charge in [0.05, 0.1) is 5.57 Å². The zero-order valence-electron chi connectivity index (χ0n) is 18.3. The molecule has 32 heavy (non-hydrogen) atoms. The van der Waals surface area contributed by atoms with E-state index < -0.39 is 17.2 Å². The summed E-state index contributed by atoms with van der Waals surface area (Å²) in [5.74, 6) is 0.208. The molecule has 9 nitrogen and oxygen atoms in total. The summed E-state index contributed by atoms with van der Waals surface area (Å²) in [6.07, 6.45) is 2.14. The molecule has 172 valence electrons. The topological polar surface area (TPSA) is 120 Å². The molecule has 0 aliphatic carbocycles. The third kappa shape index (κ3) is 5.05. The number of fused-ring (bicyclic) bond motifs is 1. The van der Waals surface area contributed by atoms with E-state index in [4.69, 9.17) is 26.8 Å². The molecule has 1 aliphatic heterocycles. The molecule has 0 fully saturated rings. The molecule has 2 aromatic rings. The van der Waals surface area contributed by atoms with Crippen molar-refractivity contribution in [1.29, 1.82) is 0 Å². The molecule has 3 N–H and O–H groups in total. The second-order valence-electron chi connectivity index (χ2n) is 7.94. The number of anilines is 2. The Hall–Kier alpha value is -3.04. The number of halogens is 1. The summed E-state index contributed by atoms with van der Waals surface area (Å²) in [5.41, 5.74) is 5.84. The van der Waals surface area contributed by atoms with Crippen molar-refractivity contribution < 1.29 is 14.3 Å². The lowest BCUT2D eigenvalue weighted by molar-refractivity contribution is -0.115. The van der Waals surface area contributed by atoms with E-state index in [1.807, 2.05) is 13.8 Å². The monoisotopic (exact) mass is 462 g/mol. The van der Waals surface area contributed by atoms with E-state index in [2.05, 4.69) is 4.98 Å². The molecular weight excluding hydrogens is 436 g/mol. The first-order valence-electron chi connectivity index (χ1n) is 10.3. The average Bonchev–Trinajstić information content (AvgIpc) is 2.74. The lowest BCUT2D eigenvalue weighted by Crippen LogP contribution is -2.43. The maximum atomic E-state index is 13.5. The first-order chi connectivity index (χ1) is 15.2. The number of benzene rings is 1. The summed E-state index contributed by atoms with van der Waals surface area (Å²) in [6.45, 7) is 4.71. The minimum Gasteiger partial charge on any atom is -0.488 e. The Morgan fingerprint density at radius 1 is 1.38 bits per heavy atom. The number of carbonyl (C=O) groups excluding carboxylic acids is 1. The Kier molecular flexibility index (Phi) is 7.42. The normalized spacial score (nSPS) is 12.8. The minimum atomic E-state index is -0.723. The van der Waals surface area contributed by atoms with Crippen LogP contribution in [0.2, 0.25) is 5.02 Å². The van der Waals surface area contributed by atoms with E-state index in [1.165, 1.54) is 9.47 Å². The molecule has 0 saturated carbocycles. The number of methoxy groups -OCH3 is 1. The number of nitrogen functional groups attached to an aromatic ring is 1. The van der Waals surface area contributed by atoms with Crippen LogP contribution in [0, 0.1) is 5.92 Å². The van der Waals surface area contributed by atoms with Crippen LogP contribution in [0.1, 0.15) is 25.8 Å². The Labute approximate surface area is 190 Å². The molecule has 0 unspecified atom stereocenters. The van der Waals surface area contributed by atoms with Crippen molar-refractivity contribution in [1.82, 2.24) is 9.55 Å². The fourth-order valence-corrected chi connectivity index (χ4v) is 3.69. The first-order valence-corrected chi connectivity index (χ1v) is 10.7. The highest BCUT2D eigenvalue weighted by molar-refractivity contribution is 6.30. The van der Waals surface area contributed by atoms with Crippen molar-refractivity contribution in [2.24, 2.45) is 5.92 Å². The third-order valence-electron chi connectivity index (χ3n) is 4.97. The summed E-state index contributed by atoms with van der Waals surface area (Å²) < 4.78 is 12.1. The summed E-state index contributed by atoms with van der Waals surface area (Å²) in [4.78, 5) is 42.2. The van der Waals surface area contributed by atoms with E-state index in [0.717, 1.165) is 0 Å². The number of nitrogens with one attached hydrogen (secondary N) is 1. The molecular formula is C22H27ClN4O5. The number of amides is 1. The largest absolute Gasteiger partial charge is 0.488 e. The van der Waals surface area contributed by atoms with Crippen LogP contribution in [0.25, 0.3) is 6.08 Å². The molecule has 1 aromatic carbocycles. The second kappa shape index (κ2) is 10.1. The molecule has 2 heterocycles. The van der Waals surface area contributed by atoms with E-state index in [0.29, 0.717) is 41.5 Å². The quantitative estimate of drug-likeness (QED) is 0.581. The van der Waals surface area contributed by atoms with Gasteiger partial charge in [-0.15, -0.1) is 0 Å². The van der Waals surface area contributed by atoms with Gasteiger partial charge in [0.1, 0.15) is 18.2 Å². The van der Waals surface area contributed by atoms with Crippen LogP contribution >= 0.6 is 11.6 Å². The SMILES string of the molecule is COCCCN(C(=O)C1=Cc2cc(Cl)ccc2OC1)c1c(N)n(CC(C)C)c(=O)[nH]c1=O. The molecule has 0 spiro atoms. The number of aromatic amines is 1. The van der Waals surface area contributed by atoms with Gasteiger partial charge in [-0.25, -0.2) is 4.79 Å². The number of carbonyl (C=O) groups is 1. The van der Waals surface area contributed by atoms with E-state index in [1.54, 1.807) is 31.4 Å². The highest BCUT2D eigenvalue weighted by Gasteiger charge is 2.28. The van der Waals surface area contributed by atoms with Crippen molar-refractivity contribution in [3.63, 3.8) is 0 Å². The molecule has 0 radical (unpaired) electrons. The van der Waals surface area contributed by atoms with Crippen LogP contribution in [0.3, 0.4) is 0 Å². The number of nitrogens with two attached hydrogens (primary N) is 1. The van der Waals surface area contributed by atoms with Crippen LogP contribution < -0.4 is 26.6 Å².